The highest BCUT2D eigenvalue weighted by Gasteiger charge is 2.25. The molecule has 1 saturated heterocycles. The molecule has 1 aliphatic rings. The largest absolute Gasteiger partial charge is 0.493 e. The number of nitrogens with zero attached hydrogens (tertiary/aromatic N) is 1. The maximum atomic E-state index is 12.4. The molecule has 0 spiro atoms. The van der Waals surface area contributed by atoms with E-state index in [0.717, 1.165) is 17.7 Å². The van der Waals surface area contributed by atoms with Gasteiger partial charge in [0.05, 0.1) is 31.9 Å². The summed E-state index contributed by atoms with van der Waals surface area (Å²) in [5, 5.41) is 3.37. The SMILES string of the molecule is CCc1ccccc1N=C1NC(=O)/C(=C/c2ccc(OC)c(OC)c2OC)S1. The zero-order chi connectivity index (χ0) is 20.1. The van der Waals surface area contributed by atoms with Gasteiger partial charge in [0.2, 0.25) is 5.75 Å². The summed E-state index contributed by atoms with van der Waals surface area (Å²) in [4.78, 5) is 17.6. The summed E-state index contributed by atoms with van der Waals surface area (Å²) < 4.78 is 16.2. The molecule has 2 aromatic carbocycles. The summed E-state index contributed by atoms with van der Waals surface area (Å²) >= 11 is 1.29. The van der Waals surface area contributed by atoms with E-state index in [4.69, 9.17) is 14.2 Å². The van der Waals surface area contributed by atoms with Gasteiger partial charge < -0.3 is 19.5 Å². The Hall–Kier alpha value is -2.93. The van der Waals surface area contributed by atoms with E-state index >= 15 is 0 Å². The molecular formula is C21H22N2O4S. The van der Waals surface area contributed by atoms with Crippen LogP contribution in [0.15, 0.2) is 46.3 Å². The van der Waals surface area contributed by atoms with Crippen LogP contribution in [0.25, 0.3) is 6.08 Å². The van der Waals surface area contributed by atoms with Crippen molar-refractivity contribution in [1.82, 2.24) is 5.32 Å². The lowest BCUT2D eigenvalue weighted by molar-refractivity contribution is -0.115. The van der Waals surface area contributed by atoms with Gasteiger partial charge in [-0.1, -0.05) is 25.1 Å². The molecule has 0 unspecified atom stereocenters. The molecule has 2 aromatic rings. The first kappa shape index (κ1) is 19.8. The minimum absolute atomic E-state index is 0.199. The van der Waals surface area contributed by atoms with Crippen molar-refractivity contribution in [2.45, 2.75) is 13.3 Å². The van der Waals surface area contributed by atoms with Gasteiger partial charge in [-0.2, -0.15) is 0 Å². The second-order valence-electron chi connectivity index (χ2n) is 5.89. The highest BCUT2D eigenvalue weighted by atomic mass is 32.2. The fourth-order valence-corrected chi connectivity index (χ4v) is 3.71. The fraction of sp³-hybridized carbons (Fsp3) is 0.238. The van der Waals surface area contributed by atoms with Crippen LogP contribution in [0.3, 0.4) is 0 Å². The number of ether oxygens (including phenoxy) is 3. The van der Waals surface area contributed by atoms with Crippen molar-refractivity contribution in [2.24, 2.45) is 4.99 Å². The molecular weight excluding hydrogens is 376 g/mol. The summed E-state index contributed by atoms with van der Waals surface area (Å²) in [6.07, 6.45) is 2.63. The third kappa shape index (κ3) is 3.99. The van der Waals surface area contributed by atoms with Crippen molar-refractivity contribution < 1.29 is 19.0 Å². The number of hydrogen-bond acceptors (Lipinski definition) is 6. The van der Waals surface area contributed by atoms with Gasteiger partial charge in [0.25, 0.3) is 5.91 Å². The van der Waals surface area contributed by atoms with Crippen LogP contribution >= 0.6 is 11.8 Å². The second-order valence-corrected chi connectivity index (χ2v) is 6.92. The number of nitrogens with one attached hydrogen (secondary N) is 1. The molecule has 146 valence electrons. The predicted octanol–water partition coefficient (Wildman–Crippen LogP) is 4.17. The van der Waals surface area contributed by atoms with Crippen LogP contribution in [0.5, 0.6) is 17.2 Å². The number of carbonyl (C=O) groups is 1. The normalized spacial score (nSPS) is 16.4. The molecule has 1 amide bonds. The van der Waals surface area contributed by atoms with Crippen molar-refractivity contribution in [2.75, 3.05) is 21.3 Å². The average molecular weight is 398 g/mol. The molecule has 7 heteroatoms. The Labute approximate surface area is 168 Å². The Balaban J connectivity index is 1.94. The number of methoxy groups -OCH3 is 3. The number of thioether (sulfide) groups is 1. The smallest absolute Gasteiger partial charge is 0.264 e. The lowest BCUT2D eigenvalue weighted by Gasteiger charge is -2.14. The van der Waals surface area contributed by atoms with E-state index in [1.807, 2.05) is 30.3 Å². The monoisotopic (exact) mass is 398 g/mol. The van der Waals surface area contributed by atoms with Gasteiger partial charge in [-0.05, 0) is 48.0 Å². The molecule has 3 rings (SSSR count). The third-order valence-electron chi connectivity index (χ3n) is 4.27. The molecule has 0 aromatic heterocycles. The Morgan fingerprint density at radius 1 is 1.04 bits per heavy atom. The first-order chi connectivity index (χ1) is 13.6. The van der Waals surface area contributed by atoms with E-state index in [9.17, 15) is 4.79 Å². The molecule has 1 aliphatic heterocycles. The van der Waals surface area contributed by atoms with Crippen LogP contribution in [-0.4, -0.2) is 32.4 Å². The van der Waals surface area contributed by atoms with Crippen LogP contribution in [0.1, 0.15) is 18.1 Å². The second kappa shape index (κ2) is 8.84. The minimum Gasteiger partial charge on any atom is -0.493 e. The summed E-state index contributed by atoms with van der Waals surface area (Å²) in [6, 6.07) is 11.5. The molecule has 28 heavy (non-hydrogen) atoms. The number of benzene rings is 2. The van der Waals surface area contributed by atoms with Gasteiger partial charge in [0, 0.05) is 5.56 Å². The van der Waals surface area contributed by atoms with Gasteiger partial charge in [0.1, 0.15) is 0 Å². The Bertz CT molecular complexity index is 953. The quantitative estimate of drug-likeness (QED) is 0.740. The van der Waals surface area contributed by atoms with Crippen molar-refractivity contribution in [1.29, 1.82) is 0 Å². The molecule has 0 aliphatic carbocycles. The molecule has 0 saturated carbocycles. The average Bonchev–Trinajstić information content (AvgIpc) is 3.06. The van der Waals surface area contributed by atoms with Crippen LogP contribution in [-0.2, 0) is 11.2 Å². The van der Waals surface area contributed by atoms with E-state index in [1.54, 1.807) is 33.5 Å². The van der Waals surface area contributed by atoms with Crippen molar-refractivity contribution >= 4 is 34.6 Å². The van der Waals surface area contributed by atoms with Crippen LogP contribution in [0.4, 0.5) is 5.69 Å². The third-order valence-corrected chi connectivity index (χ3v) is 5.18. The Morgan fingerprint density at radius 3 is 2.46 bits per heavy atom. The Kier molecular flexibility index (Phi) is 6.26. The first-order valence-electron chi connectivity index (χ1n) is 8.77. The van der Waals surface area contributed by atoms with Crippen molar-refractivity contribution in [3.8, 4) is 17.2 Å². The topological polar surface area (TPSA) is 69.2 Å². The standard InChI is InChI=1S/C21H22N2O4S/c1-5-13-8-6-7-9-15(13)22-21-23-20(24)17(28-21)12-14-10-11-16(25-2)19(27-4)18(14)26-3/h6-12H,5H2,1-4H3,(H,22,23,24)/b17-12-. The van der Waals surface area contributed by atoms with Crippen LogP contribution < -0.4 is 19.5 Å². The van der Waals surface area contributed by atoms with E-state index in [-0.39, 0.29) is 5.91 Å². The lowest BCUT2D eigenvalue weighted by atomic mass is 10.1. The number of aryl methyl sites for hydroxylation is 1. The number of aliphatic imine (C=N–C) groups is 1. The molecule has 0 atom stereocenters. The van der Waals surface area contributed by atoms with Gasteiger partial charge in [0.15, 0.2) is 16.7 Å². The minimum atomic E-state index is -0.199. The number of hydrogen-bond donors (Lipinski definition) is 1. The summed E-state index contributed by atoms with van der Waals surface area (Å²) in [6.45, 7) is 2.08. The van der Waals surface area contributed by atoms with E-state index < -0.39 is 0 Å². The Morgan fingerprint density at radius 2 is 1.79 bits per heavy atom. The van der Waals surface area contributed by atoms with E-state index in [0.29, 0.717) is 32.9 Å². The molecule has 1 heterocycles. The molecule has 1 fully saturated rings. The van der Waals surface area contributed by atoms with Crippen molar-refractivity contribution in [3.05, 3.63) is 52.4 Å². The lowest BCUT2D eigenvalue weighted by Crippen LogP contribution is -2.19. The number of carbonyl (C=O) groups excluding carboxylic acids is 1. The molecule has 0 bridgehead atoms. The molecule has 6 nitrogen and oxygen atoms in total. The van der Waals surface area contributed by atoms with E-state index in [2.05, 4.69) is 17.2 Å². The van der Waals surface area contributed by atoms with E-state index in [1.165, 1.54) is 11.8 Å². The van der Waals surface area contributed by atoms with Gasteiger partial charge in [-0.25, -0.2) is 4.99 Å². The number of rotatable bonds is 6. The fourth-order valence-electron chi connectivity index (χ4n) is 2.89. The van der Waals surface area contributed by atoms with Gasteiger partial charge in [-0.3, -0.25) is 4.79 Å². The summed E-state index contributed by atoms with van der Waals surface area (Å²) in [5.41, 5.74) is 2.70. The highest BCUT2D eigenvalue weighted by Crippen LogP contribution is 2.41. The highest BCUT2D eigenvalue weighted by molar-refractivity contribution is 8.18. The van der Waals surface area contributed by atoms with Crippen molar-refractivity contribution in [3.63, 3.8) is 0 Å². The molecule has 1 N–H and O–H groups in total. The number of amidine groups is 1. The van der Waals surface area contributed by atoms with Crippen LogP contribution in [0, 0.1) is 0 Å². The number of para-hydroxylation sites is 1. The van der Waals surface area contributed by atoms with Crippen LogP contribution in [0.2, 0.25) is 0 Å². The zero-order valence-corrected chi connectivity index (χ0v) is 17.1. The van der Waals surface area contributed by atoms with Gasteiger partial charge in [-0.15, -0.1) is 0 Å². The maximum Gasteiger partial charge on any atom is 0.264 e. The predicted molar refractivity (Wildman–Crippen MR) is 113 cm³/mol. The zero-order valence-electron chi connectivity index (χ0n) is 16.2. The molecule has 0 radical (unpaired) electrons. The maximum absolute atomic E-state index is 12.4. The summed E-state index contributed by atoms with van der Waals surface area (Å²) in [5.74, 6) is 1.34. The summed E-state index contributed by atoms with van der Waals surface area (Å²) in [7, 11) is 4.66. The first-order valence-corrected chi connectivity index (χ1v) is 9.59. The van der Waals surface area contributed by atoms with Gasteiger partial charge >= 0.3 is 0 Å². The number of amides is 1.